The molecule has 21 heavy (non-hydrogen) atoms. The average molecular weight is 290 g/mol. The highest BCUT2D eigenvalue weighted by Crippen LogP contribution is 2.22. The third-order valence-electron chi connectivity index (χ3n) is 3.54. The van der Waals surface area contributed by atoms with E-state index >= 15 is 0 Å². The van der Waals surface area contributed by atoms with Crippen molar-refractivity contribution in [2.45, 2.75) is 52.3 Å². The van der Waals surface area contributed by atoms with E-state index in [0.717, 1.165) is 25.9 Å². The second kappa shape index (κ2) is 6.48. The van der Waals surface area contributed by atoms with Gasteiger partial charge in [-0.3, -0.25) is 0 Å². The van der Waals surface area contributed by atoms with E-state index in [9.17, 15) is 4.79 Å². The average Bonchev–Trinajstić information content (AvgIpc) is 2.59. The molecule has 116 valence electrons. The van der Waals surface area contributed by atoms with Crippen LogP contribution in [0.4, 0.5) is 4.79 Å². The number of rotatable bonds is 2. The predicted octanol–water partition coefficient (Wildman–Crippen LogP) is 3.09. The first kappa shape index (κ1) is 15.8. The van der Waals surface area contributed by atoms with Gasteiger partial charge in [-0.25, -0.2) is 4.79 Å². The van der Waals surface area contributed by atoms with Crippen LogP contribution in [0.1, 0.15) is 43.9 Å². The van der Waals surface area contributed by atoms with Crippen LogP contribution >= 0.6 is 0 Å². The summed E-state index contributed by atoms with van der Waals surface area (Å²) in [6.07, 6.45) is 1.79. The molecule has 1 aromatic carbocycles. The molecule has 1 aromatic rings. The maximum atomic E-state index is 12.3. The fourth-order valence-electron chi connectivity index (χ4n) is 2.61. The van der Waals surface area contributed by atoms with Gasteiger partial charge in [-0.1, -0.05) is 18.2 Å². The van der Waals surface area contributed by atoms with E-state index in [-0.39, 0.29) is 6.09 Å². The second-order valence-electron chi connectivity index (χ2n) is 6.64. The quantitative estimate of drug-likeness (QED) is 0.910. The summed E-state index contributed by atoms with van der Waals surface area (Å²) in [4.78, 5) is 14.1. The van der Waals surface area contributed by atoms with Gasteiger partial charge in [0.25, 0.3) is 0 Å². The van der Waals surface area contributed by atoms with Crippen LogP contribution < -0.4 is 5.32 Å². The molecule has 0 fully saturated rings. The van der Waals surface area contributed by atoms with Crippen molar-refractivity contribution in [3.05, 3.63) is 34.9 Å². The van der Waals surface area contributed by atoms with Gasteiger partial charge in [0.2, 0.25) is 0 Å². The molecular formula is C17H26N2O2. The van der Waals surface area contributed by atoms with Crippen LogP contribution in [0.5, 0.6) is 0 Å². The van der Waals surface area contributed by atoms with Crippen LogP contribution in [0.15, 0.2) is 18.2 Å². The maximum absolute atomic E-state index is 12.3. The number of carbonyl (C=O) groups excluding carboxylic acids is 1. The van der Waals surface area contributed by atoms with E-state index in [1.807, 2.05) is 32.7 Å². The molecule has 0 spiro atoms. The van der Waals surface area contributed by atoms with Crippen molar-refractivity contribution in [3.63, 3.8) is 0 Å². The standard InChI is InChI=1S/C17H26N2O2/c1-17(2,3)21-16(20)19-9-5-6-14-8-7-13(11-18-4)10-15(14)12-19/h7-8,10,18H,5-6,9,11-12H2,1-4H3. The zero-order valence-electron chi connectivity index (χ0n) is 13.5. The number of nitrogens with one attached hydrogen (secondary N) is 1. The van der Waals surface area contributed by atoms with Gasteiger partial charge in [-0.15, -0.1) is 0 Å². The topological polar surface area (TPSA) is 41.6 Å². The van der Waals surface area contributed by atoms with Crippen LogP contribution in [0.2, 0.25) is 0 Å². The largest absolute Gasteiger partial charge is 0.444 e. The molecule has 1 N–H and O–H groups in total. The lowest BCUT2D eigenvalue weighted by Gasteiger charge is -2.26. The summed E-state index contributed by atoms with van der Waals surface area (Å²) >= 11 is 0. The molecule has 0 unspecified atom stereocenters. The summed E-state index contributed by atoms with van der Waals surface area (Å²) < 4.78 is 5.50. The van der Waals surface area contributed by atoms with Crippen LogP contribution in [0, 0.1) is 0 Å². The molecule has 0 radical (unpaired) electrons. The molecule has 0 saturated carbocycles. The maximum Gasteiger partial charge on any atom is 0.410 e. The molecular weight excluding hydrogens is 264 g/mol. The van der Waals surface area contributed by atoms with Crippen molar-refractivity contribution in [2.24, 2.45) is 0 Å². The minimum absolute atomic E-state index is 0.214. The van der Waals surface area contributed by atoms with Crippen LogP contribution in [-0.2, 0) is 24.2 Å². The Morgan fingerprint density at radius 1 is 1.33 bits per heavy atom. The molecule has 0 bridgehead atoms. The van der Waals surface area contributed by atoms with Gasteiger partial charge in [0.05, 0.1) is 0 Å². The normalized spacial score (nSPS) is 15.3. The number of ether oxygens (including phenoxy) is 1. The van der Waals surface area contributed by atoms with Crippen molar-refractivity contribution >= 4 is 6.09 Å². The highest BCUT2D eigenvalue weighted by molar-refractivity contribution is 5.68. The number of hydrogen-bond donors (Lipinski definition) is 1. The van der Waals surface area contributed by atoms with E-state index in [1.165, 1.54) is 16.7 Å². The Morgan fingerprint density at radius 3 is 2.76 bits per heavy atom. The Labute approximate surface area is 127 Å². The SMILES string of the molecule is CNCc1ccc2c(c1)CN(C(=O)OC(C)(C)C)CCC2. The van der Waals surface area contributed by atoms with Crippen molar-refractivity contribution in [1.29, 1.82) is 0 Å². The lowest BCUT2D eigenvalue weighted by Crippen LogP contribution is -2.36. The molecule has 0 aromatic heterocycles. The zero-order valence-corrected chi connectivity index (χ0v) is 13.5. The first-order valence-electron chi connectivity index (χ1n) is 7.62. The molecule has 1 heterocycles. The highest BCUT2D eigenvalue weighted by atomic mass is 16.6. The molecule has 4 heteroatoms. The number of hydrogen-bond acceptors (Lipinski definition) is 3. The number of nitrogens with zero attached hydrogens (tertiary/aromatic N) is 1. The molecule has 4 nitrogen and oxygen atoms in total. The van der Waals surface area contributed by atoms with Crippen molar-refractivity contribution in [1.82, 2.24) is 10.2 Å². The van der Waals surface area contributed by atoms with E-state index in [1.54, 1.807) is 0 Å². The minimum atomic E-state index is -0.444. The summed E-state index contributed by atoms with van der Waals surface area (Å²) in [5, 5.41) is 3.17. The Hall–Kier alpha value is -1.55. The molecule has 0 atom stereocenters. The fourth-order valence-corrected chi connectivity index (χ4v) is 2.61. The monoisotopic (exact) mass is 290 g/mol. The van der Waals surface area contributed by atoms with Crippen molar-refractivity contribution < 1.29 is 9.53 Å². The summed E-state index contributed by atoms with van der Waals surface area (Å²) in [6, 6.07) is 6.56. The molecule has 1 amide bonds. The summed E-state index contributed by atoms with van der Waals surface area (Å²) in [5.74, 6) is 0. The first-order valence-corrected chi connectivity index (χ1v) is 7.62. The van der Waals surface area contributed by atoms with Crippen LogP contribution in [-0.4, -0.2) is 30.2 Å². The smallest absolute Gasteiger partial charge is 0.410 e. The van der Waals surface area contributed by atoms with Crippen LogP contribution in [0.3, 0.4) is 0 Å². The van der Waals surface area contributed by atoms with Gasteiger partial charge in [-0.05, 0) is 57.4 Å². The van der Waals surface area contributed by atoms with Gasteiger partial charge in [0, 0.05) is 19.6 Å². The predicted molar refractivity (Wildman–Crippen MR) is 84.2 cm³/mol. The molecule has 0 saturated heterocycles. The second-order valence-corrected chi connectivity index (χ2v) is 6.64. The van der Waals surface area contributed by atoms with Gasteiger partial charge < -0.3 is 15.0 Å². The van der Waals surface area contributed by atoms with E-state index in [0.29, 0.717) is 6.54 Å². The fraction of sp³-hybridized carbons (Fsp3) is 0.588. The Kier molecular flexibility index (Phi) is 4.88. The number of benzene rings is 1. The molecule has 0 aliphatic carbocycles. The molecule has 2 rings (SSSR count). The van der Waals surface area contributed by atoms with E-state index < -0.39 is 5.60 Å². The summed E-state index contributed by atoms with van der Waals surface area (Å²) in [5.41, 5.74) is 3.40. The van der Waals surface area contributed by atoms with Gasteiger partial charge in [0.1, 0.15) is 5.60 Å². The lowest BCUT2D eigenvalue weighted by molar-refractivity contribution is 0.0237. The van der Waals surface area contributed by atoms with Crippen LogP contribution in [0.25, 0.3) is 0 Å². The summed E-state index contributed by atoms with van der Waals surface area (Å²) in [7, 11) is 1.94. The zero-order chi connectivity index (χ0) is 15.5. The number of carbonyl (C=O) groups is 1. The first-order chi connectivity index (χ1) is 9.89. The van der Waals surface area contributed by atoms with Crippen molar-refractivity contribution in [2.75, 3.05) is 13.6 Å². The van der Waals surface area contributed by atoms with Crippen molar-refractivity contribution in [3.8, 4) is 0 Å². The Balaban J connectivity index is 2.15. The Bertz CT molecular complexity index is 506. The van der Waals surface area contributed by atoms with E-state index in [4.69, 9.17) is 4.74 Å². The lowest BCUT2D eigenvalue weighted by atomic mass is 10.0. The van der Waals surface area contributed by atoms with Gasteiger partial charge >= 0.3 is 6.09 Å². The van der Waals surface area contributed by atoms with Gasteiger partial charge in [-0.2, -0.15) is 0 Å². The molecule has 1 aliphatic rings. The number of amides is 1. The summed E-state index contributed by atoms with van der Waals surface area (Å²) in [6.45, 7) is 7.96. The molecule has 1 aliphatic heterocycles. The Morgan fingerprint density at radius 2 is 2.10 bits per heavy atom. The number of aryl methyl sites for hydroxylation is 1. The van der Waals surface area contributed by atoms with E-state index in [2.05, 4.69) is 23.5 Å². The van der Waals surface area contributed by atoms with Gasteiger partial charge in [0.15, 0.2) is 0 Å². The third kappa shape index (κ3) is 4.46. The highest BCUT2D eigenvalue weighted by Gasteiger charge is 2.24. The minimum Gasteiger partial charge on any atom is -0.444 e. The third-order valence-corrected chi connectivity index (χ3v) is 3.54. The number of fused-ring (bicyclic) bond motifs is 1.